The Hall–Kier alpha value is -4.66. The molecular formula is C24H18N6O3. The van der Waals surface area contributed by atoms with Gasteiger partial charge in [-0.15, -0.1) is 0 Å². The maximum absolute atomic E-state index is 12.9. The quantitative estimate of drug-likeness (QED) is 0.390. The Balaban J connectivity index is 1.30. The predicted molar refractivity (Wildman–Crippen MR) is 122 cm³/mol. The summed E-state index contributed by atoms with van der Waals surface area (Å²) in [4.78, 5) is 17.2. The predicted octanol–water partition coefficient (Wildman–Crippen LogP) is 4.04. The van der Waals surface area contributed by atoms with Gasteiger partial charge in [-0.1, -0.05) is 12.1 Å². The molecule has 3 N–H and O–H groups in total. The molecule has 3 heterocycles. The molecule has 9 heteroatoms. The molecule has 0 radical (unpaired) electrons. The van der Waals surface area contributed by atoms with Crippen molar-refractivity contribution < 1.29 is 14.3 Å². The second kappa shape index (κ2) is 7.79. The fourth-order valence-electron chi connectivity index (χ4n) is 3.85. The van der Waals surface area contributed by atoms with Crippen molar-refractivity contribution in [2.24, 2.45) is 0 Å². The lowest BCUT2D eigenvalue weighted by Crippen LogP contribution is -2.16. The molecule has 9 nitrogen and oxygen atoms in total. The number of nitrogens with zero attached hydrogens (tertiary/aromatic N) is 3. The number of rotatable bonds is 4. The summed E-state index contributed by atoms with van der Waals surface area (Å²) in [5, 5.41) is 18.3. The van der Waals surface area contributed by atoms with Crippen molar-refractivity contribution in [1.82, 2.24) is 25.4 Å². The van der Waals surface area contributed by atoms with Crippen molar-refractivity contribution in [3.63, 3.8) is 0 Å². The topological polar surface area (TPSA) is 118 Å². The first-order chi connectivity index (χ1) is 16.2. The number of carbonyl (C=O) groups excluding carboxylic acids is 1. The van der Waals surface area contributed by atoms with E-state index in [1.807, 2.05) is 36.4 Å². The minimum atomic E-state index is -0.227. The van der Waals surface area contributed by atoms with E-state index in [4.69, 9.17) is 9.47 Å². The molecule has 2 aromatic heterocycles. The van der Waals surface area contributed by atoms with E-state index in [0.717, 1.165) is 27.7 Å². The van der Waals surface area contributed by atoms with Crippen LogP contribution < -0.4 is 14.8 Å². The summed E-state index contributed by atoms with van der Waals surface area (Å²) >= 11 is 0. The summed E-state index contributed by atoms with van der Waals surface area (Å²) in [6, 6.07) is 18.6. The fraction of sp³-hybridized carbons (Fsp3) is 0.0833. The van der Waals surface area contributed by atoms with E-state index in [9.17, 15) is 4.79 Å². The molecule has 1 amide bonds. The lowest BCUT2D eigenvalue weighted by molar-refractivity contribution is 0.102. The SMILES string of the molecule is O=C(Nc1ccc2c(c1)OCCO2)c1cccc(-c2n[nH]c3ccc(-c4nc[nH]n4)cc23)c1. The standard InChI is InChI=1S/C24H18N6O3/c31-24(27-17-5-7-20-21(12-17)33-9-8-32-20)16-3-1-2-14(10-16)22-18-11-15(23-25-13-26-30-23)4-6-19(18)28-29-22/h1-7,10-13H,8-9H2,(H,27,31)(H,28,29)(H,25,26,30). The second-order valence-corrected chi connectivity index (χ2v) is 7.55. The lowest BCUT2D eigenvalue weighted by Gasteiger charge is -2.19. The molecule has 33 heavy (non-hydrogen) atoms. The number of benzene rings is 3. The monoisotopic (exact) mass is 438 g/mol. The minimum Gasteiger partial charge on any atom is -0.486 e. The molecule has 1 aliphatic rings. The highest BCUT2D eigenvalue weighted by atomic mass is 16.6. The Bertz CT molecular complexity index is 1480. The number of fused-ring (bicyclic) bond motifs is 2. The van der Waals surface area contributed by atoms with Gasteiger partial charge in [0.1, 0.15) is 19.5 Å². The van der Waals surface area contributed by atoms with E-state index in [0.29, 0.717) is 41.8 Å². The van der Waals surface area contributed by atoms with Crippen LogP contribution in [0, 0.1) is 0 Å². The van der Waals surface area contributed by atoms with Gasteiger partial charge in [-0.2, -0.15) is 10.2 Å². The zero-order valence-corrected chi connectivity index (χ0v) is 17.3. The average molecular weight is 438 g/mol. The summed E-state index contributed by atoms with van der Waals surface area (Å²) in [6.45, 7) is 1.01. The van der Waals surface area contributed by atoms with Crippen molar-refractivity contribution >= 4 is 22.5 Å². The first kappa shape index (κ1) is 19.1. The molecule has 0 bridgehead atoms. The number of anilines is 1. The van der Waals surface area contributed by atoms with Gasteiger partial charge in [0, 0.05) is 33.8 Å². The van der Waals surface area contributed by atoms with Crippen LogP contribution in [0.3, 0.4) is 0 Å². The number of hydrogen-bond donors (Lipinski definition) is 3. The summed E-state index contributed by atoms with van der Waals surface area (Å²) in [7, 11) is 0. The zero-order chi connectivity index (χ0) is 22.2. The molecule has 3 aromatic carbocycles. The van der Waals surface area contributed by atoms with Crippen molar-refractivity contribution in [2.45, 2.75) is 0 Å². The molecule has 6 rings (SSSR count). The van der Waals surface area contributed by atoms with Gasteiger partial charge in [-0.25, -0.2) is 4.98 Å². The van der Waals surface area contributed by atoms with Gasteiger partial charge in [0.2, 0.25) is 0 Å². The van der Waals surface area contributed by atoms with Crippen molar-refractivity contribution in [1.29, 1.82) is 0 Å². The van der Waals surface area contributed by atoms with E-state index in [-0.39, 0.29) is 5.91 Å². The minimum absolute atomic E-state index is 0.227. The van der Waals surface area contributed by atoms with Gasteiger partial charge in [0.15, 0.2) is 17.3 Å². The molecule has 0 aliphatic carbocycles. The van der Waals surface area contributed by atoms with Crippen LogP contribution in [0.5, 0.6) is 11.5 Å². The van der Waals surface area contributed by atoms with Crippen LogP contribution in [0.25, 0.3) is 33.5 Å². The Kier molecular flexibility index (Phi) is 4.50. The molecule has 0 atom stereocenters. The third-order valence-electron chi connectivity index (χ3n) is 5.43. The number of amides is 1. The van der Waals surface area contributed by atoms with Crippen molar-refractivity contribution in [2.75, 3.05) is 18.5 Å². The van der Waals surface area contributed by atoms with Crippen LogP contribution in [0.1, 0.15) is 10.4 Å². The van der Waals surface area contributed by atoms with Crippen LogP contribution in [-0.2, 0) is 0 Å². The highest BCUT2D eigenvalue weighted by Gasteiger charge is 2.15. The normalized spacial score (nSPS) is 12.6. The Morgan fingerprint density at radius 3 is 2.70 bits per heavy atom. The molecule has 0 saturated heterocycles. The number of carbonyl (C=O) groups is 1. The molecule has 0 spiro atoms. The molecule has 162 valence electrons. The Morgan fingerprint density at radius 1 is 0.909 bits per heavy atom. The van der Waals surface area contributed by atoms with E-state index in [2.05, 4.69) is 30.7 Å². The van der Waals surface area contributed by atoms with Crippen molar-refractivity contribution in [3.05, 3.63) is 72.6 Å². The number of hydrogen-bond acceptors (Lipinski definition) is 6. The zero-order valence-electron chi connectivity index (χ0n) is 17.3. The summed E-state index contributed by atoms with van der Waals surface area (Å²) in [6.07, 6.45) is 1.54. The third-order valence-corrected chi connectivity index (χ3v) is 5.43. The van der Waals surface area contributed by atoms with Crippen LogP contribution in [0.15, 0.2) is 67.0 Å². The van der Waals surface area contributed by atoms with Crippen LogP contribution in [0.4, 0.5) is 5.69 Å². The number of aromatic nitrogens is 5. The summed E-state index contributed by atoms with van der Waals surface area (Å²) in [5.41, 5.74) is 4.48. The van der Waals surface area contributed by atoms with Crippen LogP contribution in [0.2, 0.25) is 0 Å². The summed E-state index contributed by atoms with van der Waals surface area (Å²) < 4.78 is 11.1. The number of ether oxygens (including phenoxy) is 2. The average Bonchev–Trinajstić information content (AvgIpc) is 3.54. The maximum atomic E-state index is 12.9. The van der Waals surface area contributed by atoms with E-state index in [1.165, 1.54) is 0 Å². The van der Waals surface area contributed by atoms with Gasteiger partial charge in [-0.3, -0.25) is 15.0 Å². The van der Waals surface area contributed by atoms with Gasteiger partial charge >= 0.3 is 0 Å². The van der Waals surface area contributed by atoms with Crippen molar-refractivity contribution in [3.8, 4) is 34.1 Å². The molecular weight excluding hydrogens is 420 g/mol. The van der Waals surface area contributed by atoms with Gasteiger partial charge in [0.05, 0.1) is 11.2 Å². The number of aromatic amines is 2. The molecule has 5 aromatic rings. The van der Waals surface area contributed by atoms with Gasteiger partial charge < -0.3 is 14.8 Å². The van der Waals surface area contributed by atoms with E-state index in [1.54, 1.807) is 30.6 Å². The third kappa shape index (κ3) is 3.55. The molecule has 0 unspecified atom stereocenters. The highest BCUT2D eigenvalue weighted by Crippen LogP contribution is 2.33. The van der Waals surface area contributed by atoms with Gasteiger partial charge in [0.25, 0.3) is 5.91 Å². The van der Waals surface area contributed by atoms with E-state index >= 15 is 0 Å². The number of H-pyrrole nitrogens is 2. The van der Waals surface area contributed by atoms with E-state index < -0.39 is 0 Å². The smallest absolute Gasteiger partial charge is 0.255 e. The van der Waals surface area contributed by atoms with Crippen LogP contribution >= 0.6 is 0 Å². The molecule has 0 saturated carbocycles. The number of nitrogens with one attached hydrogen (secondary N) is 3. The highest BCUT2D eigenvalue weighted by molar-refractivity contribution is 6.05. The van der Waals surface area contributed by atoms with Gasteiger partial charge in [-0.05, 0) is 42.5 Å². The first-order valence-corrected chi connectivity index (χ1v) is 10.4. The first-order valence-electron chi connectivity index (χ1n) is 10.4. The fourth-order valence-corrected chi connectivity index (χ4v) is 3.85. The Labute approximate surface area is 187 Å². The maximum Gasteiger partial charge on any atom is 0.255 e. The Morgan fingerprint density at radius 2 is 1.82 bits per heavy atom. The molecule has 0 fully saturated rings. The largest absolute Gasteiger partial charge is 0.486 e. The molecule has 1 aliphatic heterocycles. The second-order valence-electron chi connectivity index (χ2n) is 7.55. The lowest BCUT2D eigenvalue weighted by atomic mass is 10.0. The van der Waals surface area contributed by atoms with Crippen LogP contribution in [-0.4, -0.2) is 44.5 Å². The summed E-state index contributed by atoms with van der Waals surface area (Å²) in [5.74, 6) is 1.68.